The minimum absolute atomic E-state index is 0.00685. The van der Waals surface area contributed by atoms with Gasteiger partial charge < -0.3 is 10.1 Å². The molecule has 1 aromatic heterocycles. The van der Waals surface area contributed by atoms with Crippen molar-refractivity contribution in [2.45, 2.75) is 27.3 Å². The van der Waals surface area contributed by atoms with Gasteiger partial charge in [0.25, 0.3) is 0 Å². The first-order valence-electron chi connectivity index (χ1n) is 4.63. The van der Waals surface area contributed by atoms with E-state index in [0.717, 1.165) is 0 Å². The molecule has 0 radical (unpaired) electrons. The molecule has 0 amide bonds. The molecule has 0 saturated carbocycles. The Bertz CT molecular complexity index is 395. The van der Waals surface area contributed by atoms with E-state index in [1.807, 2.05) is 0 Å². The number of hydrogen-bond acceptors (Lipinski definition) is 4. The molecule has 1 rings (SSSR count). The number of hydrogen-bond donors (Lipinski definition) is 0. The second-order valence-electron chi connectivity index (χ2n) is 3.71. The van der Waals surface area contributed by atoms with Crippen molar-refractivity contribution in [2.75, 3.05) is 0 Å². The molecule has 6 nitrogen and oxygen atoms in total. The summed E-state index contributed by atoms with van der Waals surface area (Å²) in [5.74, 6) is -0.271. The Morgan fingerprint density at radius 3 is 2.67 bits per heavy atom. The fraction of sp³-hybridized carbons (Fsp3) is 0.556. The van der Waals surface area contributed by atoms with E-state index < -0.39 is 4.92 Å². The lowest BCUT2D eigenvalue weighted by molar-refractivity contribution is -0.390. The average Bonchev–Trinajstić information content (AvgIpc) is 2.46. The normalized spacial score (nSPS) is 10.7. The van der Waals surface area contributed by atoms with E-state index in [2.05, 4.69) is 5.10 Å². The fourth-order valence-corrected chi connectivity index (χ4v) is 1.11. The van der Waals surface area contributed by atoms with Crippen LogP contribution in [-0.2, 0) is 11.3 Å². The summed E-state index contributed by atoms with van der Waals surface area (Å²) in [6, 6.07) is 0. The number of aryl methyl sites for hydroxylation is 1. The number of ketones is 1. The van der Waals surface area contributed by atoms with Gasteiger partial charge in [-0.05, 0) is 11.8 Å². The van der Waals surface area contributed by atoms with Crippen molar-refractivity contribution < 1.29 is 9.72 Å². The van der Waals surface area contributed by atoms with Gasteiger partial charge in [0.05, 0.1) is 16.9 Å². The SMILES string of the molecule is Cc1cn(CC(=O)C(C)C)nc1[N+](=O)[O-]. The molecule has 0 aliphatic rings. The highest BCUT2D eigenvalue weighted by Crippen LogP contribution is 2.14. The molecule has 0 bridgehead atoms. The molecule has 0 atom stereocenters. The van der Waals surface area contributed by atoms with Crippen molar-refractivity contribution in [3.63, 3.8) is 0 Å². The van der Waals surface area contributed by atoms with Crippen molar-refractivity contribution in [3.05, 3.63) is 21.9 Å². The molecule has 1 heterocycles. The van der Waals surface area contributed by atoms with Crippen molar-refractivity contribution in [2.24, 2.45) is 5.92 Å². The highest BCUT2D eigenvalue weighted by atomic mass is 16.6. The lowest BCUT2D eigenvalue weighted by Gasteiger charge is -2.00. The number of rotatable bonds is 4. The number of aromatic nitrogens is 2. The summed E-state index contributed by atoms with van der Waals surface area (Å²) in [5, 5.41) is 14.2. The van der Waals surface area contributed by atoms with Crippen LogP contribution < -0.4 is 0 Å². The third-order valence-corrected chi connectivity index (χ3v) is 2.05. The smallest absolute Gasteiger partial charge is 0.358 e. The standard InChI is InChI=1S/C9H13N3O3/c1-6(2)8(13)5-11-4-7(3)9(10-11)12(14)15/h4,6H,5H2,1-3H3. The Hall–Kier alpha value is -1.72. The minimum atomic E-state index is -0.550. The molecular weight excluding hydrogens is 198 g/mol. The summed E-state index contributed by atoms with van der Waals surface area (Å²) in [6.45, 7) is 5.26. The van der Waals surface area contributed by atoms with Crippen molar-refractivity contribution >= 4 is 11.6 Å². The number of nitro groups is 1. The molecule has 82 valence electrons. The zero-order valence-electron chi connectivity index (χ0n) is 8.93. The maximum absolute atomic E-state index is 11.4. The first kappa shape index (κ1) is 11.4. The van der Waals surface area contributed by atoms with Gasteiger partial charge in [-0.15, -0.1) is 0 Å². The Morgan fingerprint density at radius 1 is 1.67 bits per heavy atom. The number of carbonyl (C=O) groups is 1. The van der Waals surface area contributed by atoms with Crippen LogP contribution in [-0.4, -0.2) is 20.5 Å². The molecule has 0 fully saturated rings. The summed E-state index contributed by atoms with van der Waals surface area (Å²) < 4.78 is 1.32. The van der Waals surface area contributed by atoms with Gasteiger partial charge in [0.15, 0.2) is 5.78 Å². The molecule has 0 aromatic carbocycles. The molecule has 0 aliphatic carbocycles. The maximum Gasteiger partial charge on any atom is 0.392 e. The van der Waals surface area contributed by atoms with E-state index in [-0.39, 0.29) is 24.1 Å². The summed E-state index contributed by atoms with van der Waals surface area (Å²) in [5.41, 5.74) is 0.469. The molecule has 0 spiro atoms. The topological polar surface area (TPSA) is 78.0 Å². The summed E-state index contributed by atoms with van der Waals surface area (Å²) in [7, 11) is 0. The zero-order valence-corrected chi connectivity index (χ0v) is 8.93. The molecule has 6 heteroatoms. The van der Waals surface area contributed by atoms with Crippen molar-refractivity contribution in [3.8, 4) is 0 Å². The van der Waals surface area contributed by atoms with Crippen LogP contribution in [0.1, 0.15) is 19.4 Å². The van der Waals surface area contributed by atoms with Crippen LogP contribution in [0.15, 0.2) is 6.20 Å². The van der Waals surface area contributed by atoms with Gasteiger partial charge in [-0.1, -0.05) is 13.8 Å². The Labute approximate surface area is 87.0 Å². The van der Waals surface area contributed by atoms with Gasteiger partial charge in [0.2, 0.25) is 0 Å². The third-order valence-electron chi connectivity index (χ3n) is 2.05. The van der Waals surface area contributed by atoms with Gasteiger partial charge in [-0.25, -0.2) is 0 Å². The van der Waals surface area contributed by atoms with E-state index in [4.69, 9.17) is 0 Å². The molecular formula is C9H13N3O3. The number of nitrogens with zero attached hydrogens (tertiary/aromatic N) is 3. The predicted molar refractivity (Wildman–Crippen MR) is 53.5 cm³/mol. The van der Waals surface area contributed by atoms with Crippen molar-refractivity contribution in [1.29, 1.82) is 0 Å². The van der Waals surface area contributed by atoms with E-state index in [9.17, 15) is 14.9 Å². The van der Waals surface area contributed by atoms with Crippen LogP contribution >= 0.6 is 0 Å². The lowest BCUT2D eigenvalue weighted by atomic mass is 10.1. The monoisotopic (exact) mass is 211 g/mol. The Morgan fingerprint density at radius 2 is 2.27 bits per heavy atom. The second-order valence-corrected chi connectivity index (χ2v) is 3.71. The summed E-state index contributed by atoms with van der Waals surface area (Å²) in [6.07, 6.45) is 1.51. The van der Waals surface area contributed by atoms with Gasteiger partial charge in [-0.2, -0.15) is 4.68 Å². The minimum Gasteiger partial charge on any atom is -0.358 e. The van der Waals surface area contributed by atoms with Crippen LogP contribution in [0.4, 0.5) is 5.82 Å². The quantitative estimate of drug-likeness (QED) is 0.555. The molecule has 0 N–H and O–H groups in total. The highest BCUT2D eigenvalue weighted by molar-refractivity contribution is 5.80. The van der Waals surface area contributed by atoms with E-state index in [0.29, 0.717) is 5.56 Å². The summed E-state index contributed by atoms with van der Waals surface area (Å²) in [4.78, 5) is 21.3. The largest absolute Gasteiger partial charge is 0.392 e. The average molecular weight is 211 g/mol. The zero-order chi connectivity index (χ0) is 11.6. The van der Waals surface area contributed by atoms with Crippen LogP contribution in [0.2, 0.25) is 0 Å². The van der Waals surface area contributed by atoms with Gasteiger partial charge in [-0.3, -0.25) is 4.79 Å². The van der Waals surface area contributed by atoms with Crippen LogP contribution in [0.3, 0.4) is 0 Å². The Balaban J connectivity index is 2.84. The first-order chi connectivity index (χ1) is 6.91. The van der Waals surface area contributed by atoms with E-state index in [1.165, 1.54) is 10.9 Å². The molecule has 0 saturated heterocycles. The fourth-order valence-electron chi connectivity index (χ4n) is 1.11. The predicted octanol–water partition coefficient (Wildman–Crippen LogP) is 1.32. The lowest BCUT2D eigenvalue weighted by Crippen LogP contribution is -2.15. The highest BCUT2D eigenvalue weighted by Gasteiger charge is 2.19. The molecule has 15 heavy (non-hydrogen) atoms. The molecule has 0 unspecified atom stereocenters. The molecule has 1 aromatic rings. The maximum atomic E-state index is 11.4. The van der Waals surface area contributed by atoms with Gasteiger partial charge >= 0.3 is 5.82 Å². The van der Waals surface area contributed by atoms with Crippen LogP contribution in [0, 0.1) is 23.0 Å². The van der Waals surface area contributed by atoms with Gasteiger partial charge in [0.1, 0.15) is 6.54 Å². The van der Waals surface area contributed by atoms with Gasteiger partial charge in [0, 0.05) is 5.92 Å². The number of carbonyl (C=O) groups excluding carboxylic acids is 1. The second kappa shape index (κ2) is 4.20. The third kappa shape index (κ3) is 2.61. The first-order valence-corrected chi connectivity index (χ1v) is 4.63. The van der Waals surface area contributed by atoms with Crippen molar-refractivity contribution in [1.82, 2.24) is 9.78 Å². The Kier molecular flexibility index (Phi) is 3.18. The van der Waals surface area contributed by atoms with E-state index in [1.54, 1.807) is 20.8 Å². The molecule has 0 aliphatic heterocycles. The number of Topliss-reactive ketones (excluding diaryl/α,β-unsaturated/α-hetero) is 1. The van der Waals surface area contributed by atoms with E-state index >= 15 is 0 Å². The van der Waals surface area contributed by atoms with Crippen LogP contribution in [0.5, 0.6) is 0 Å². The summed E-state index contributed by atoms with van der Waals surface area (Å²) >= 11 is 0. The van der Waals surface area contributed by atoms with Crippen LogP contribution in [0.25, 0.3) is 0 Å².